The first-order valence-corrected chi connectivity index (χ1v) is 5.31. The van der Waals surface area contributed by atoms with Crippen molar-refractivity contribution in [3.05, 3.63) is 45.2 Å². The zero-order chi connectivity index (χ0) is 11.5. The summed E-state index contributed by atoms with van der Waals surface area (Å²) in [5, 5.41) is 0. The Bertz CT molecular complexity index is 551. The van der Waals surface area contributed by atoms with Crippen molar-refractivity contribution >= 4 is 15.9 Å². The number of methoxy groups -OCH3 is 1. The van der Waals surface area contributed by atoms with Gasteiger partial charge in [-0.15, -0.1) is 0 Å². The van der Waals surface area contributed by atoms with Crippen LogP contribution in [0.3, 0.4) is 0 Å². The van der Waals surface area contributed by atoms with Crippen molar-refractivity contribution in [2.24, 2.45) is 0 Å². The fourth-order valence-electron chi connectivity index (χ4n) is 1.22. The van der Waals surface area contributed by atoms with E-state index >= 15 is 0 Å². The molecule has 1 heterocycles. The quantitative estimate of drug-likeness (QED) is 0.849. The molecule has 0 saturated heterocycles. The SMILES string of the molecule is COc1nc(-c2ccccc2)oc(=O)c1Br. The molecule has 2 aromatic rings. The molecule has 82 valence electrons. The highest BCUT2D eigenvalue weighted by Crippen LogP contribution is 2.23. The van der Waals surface area contributed by atoms with Gasteiger partial charge in [-0.2, -0.15) is 4.98 Å². The number of hydrogen-bond donors (Lipinski definition) is 0. The zero-order valence-corrected chi connectivity index (χ0v) is 10.0. The van der Waals surface area contributed by atoms with E-state index in [-0.39, 0.29) is 16.2 Å². The van der Waals surface area contributed by atoms with Crippen LogP contribution in [-0.2, 0) is 0 Å². The van der Waals surface area contributed by atoms with Crippen LogP contribution in [0.15, 0.2) is 44.0 Å². The van der Waals surface area contributed by atoms with Gasteiger partial charge in [0.05, 0.1) is 7.11 Å². The molecule has 16 heavy (non-hydrogen) atoms. The fraction of sp³-hybridized carbons (Fsp3) is 0.0909. The van der Waals surface area contributed by atoms with Gasteiger partial charge in [0.15, 0.2) is 4.47 Å². The van der Waals surface area contributed by atoms with Crippen molar-refractivity contribution in [3.63, 3.8) is 0 Å². The second kappa shape index (κ2) is 4.49. The number of benzene rings is 1. The van der Waals surface area contributed by atoms with Crippen molar-refractivity contribution in [1.82, 2.24) is 4.98 Å². The molecule has 4 nitrogen and oxygen atoms in total. The molecule has 0 spiro atoms. The van der Waals surface area contributed by atoms with Crippen LogP contribution < -0.4 is 10.4 Å². The first kappa shape index (κ1) is 10.9. The number of hydrogen-bond acceptors (Lipinski definition) is 4. The highest BCUT2D eigenvalue weighted by Gasteiger charge is 2.12. The largest absolute Gasteiger partial charge is 0.480 e. The summed E-state index contributed by atoms with van der Waals surface area (Å²) in [6, 6.07) is 9.16. The molecule has 0 bridgehead atoms. The average molecular weight is 282 g/mol. The Kier molecular flexibility index (Phi) is 3.05. The summed E-state index contributed by atoms with van der Waals surface area (Å²) in [7, 11) is 1.45. The summed E-state index contributed by atoms with van der Waals surface area (Å²) >= 11 is 3.05. The Morgan fingerprint density at radius 2 is 2.00 bits per heavy atom. The van der Waals surface area contributed by atoms with Gasteiger partial charge >= 0.3 is 5.63 Å². The second-order valence-electron chi connectivity index (χ2n) is 3.00. The standard InChI is InChI=1S/C11H8BrNO3/c1-15-10-8(12)11(14)16-9(13-10)7-5-3-2-4-6-7/h2-6H,1H3. The van der Waals surface area contributed by atoms with Crippen molar-refractivity contribution in [2.45, 2.75) is 0 Å². The third-order valence-corrected chi connectivity index (χ3v) is 2.64. The van der Waals surface area contributed by atoms with Crippen LogP contribution in [0.5, 0.6) is 5.88 Å². The van der Waals surface area contributed by atoms with Crippen molar-refractivity contribution in [3.8, 4) is 17.3 Å². The van der Waals surface area contributed by atoms with Gasteiger partial charge in [0.25, 0.3) is 0 Å². The molecule has 0 amide bonds. The van der Waals surface area contributed by atoms with Gasteiger partial charge in [0.2, 0.25) is 11.8 Å². The van der Waals surface area contributed by atoms with Gasteiger partial charge in [-0.1, -0.05) is 18.2 Å². The lowest BCUT2D eigenvalue weighted by Gasteiger charge is -2.03. The monoisotopic (exact) mass is 281 g/mol. The topological polar surface area (TPSA) is 52.3 Å². The minimum absolute atomic E-state index is 0.190. The molecule has 0 atom stereocenters. The first-order valence-electron chi connectivity index (χ1n) is 4.52. The third kappa shape index (κ3) is 1.99. The summed E-state index contributed by atoms with van der Waals surface area (Å²) in [6.07, 6.45) is 0. The molecule has 5 heteroatoms. The van der Waals surface area contributed by atoms with Gasteiger partial charge in [0.1, 0.15) is 0 Å². The van der Waals surface area contributed by atoms with Crippen LogP contribution >= 0.6 is 15.9 Å². The van der Waals surface area contributed by atoms with Gasteiger partial charge in [0, 0.05) is 5.56 Å². The lowest BCUT2D eigenvalue weighted by molar-refractivity contribution is 0.376. The van der Waals surface area contributed by atoms with E-state index in [4.69, 9.17) is 9.15 Å². The van der Waals surface area contributed by atoms with E-state index in [9.17, 15) is 4.79 Å². The predicted octanol–water partition coefficient (Wildman–Crippen LogP) is 2.47. The number of rotatable bonds is 2. The summed E-state index contributed by atoms with van der Waals surface area (Å²) in [5.74, 6) is 0.459. The molecule has 0 aliphatic carbocycles. The Balaban J connectivity index is 2.60. The Morgan fingerprint density at radius 3 is 2.62 bits per heavy atom. The van der Waals surface area contributed by atoms with Crippen molar-refractivity contribution in [1.29, 1.82) is 0 Å². The number of ether oxygens (including phenoxy) is 1. The molecule has 0 radical (unpaired) electrons. The zero-order valence-electron chi connectivity index (χ0n) is 8.44. The van der Waals surface area contributed by atoms with E-state index in [1.807, 2.05) is 18.2 Å². The molecule has 0 aliphatic rings. The van der Waals surface area contributed by atoms with Gasteiger partial charge < -0.3 is 9.15 Å². The van der Waals surface area contributed by atoms with E-state index in [1.165, 1.54) is 7.11 Å². The maximum absolute atomic E-state index is 11.5. The van der Waals surface area contributed by atoms with Gasteiger partial charge in [-0.3, -0.25) is 0 Å². The smallest absolute Gasteiger partial charge is 0.357 e. The molecular weight excluding hydrogens is 274 g/mol. The Hall–Kier alpha value is -1.62. The second-order valence-corrected chi connectivity index (χ2v) is 3.79. The molecule has 0 aliphatic heterocycles. The summed E-state index contributed by atoms with van der Waals surface area (Å²) in [4.78, 5) is 15.5. The lowest BCUT2D eigenvalue weighted by atomic mass is 10.2. The summed E-state index contributed by atoms with van der Waals surface area (Å²) in [6.45, 7) is 0. The molecule has 0 N–H and O–H groups in total. The van der Waals surface area contributed by atoms with Gasteiger partial charge in [-0.25, -0.2) is 4.79 Å². The number of halogens is 1. The molecule has 0 fully saturated rings. The van der Waals surface area contributed by atoms with Gasteiger partial charge in [-0.05, 0) is 28.1 Å². The normalized spacial score (nSPS) is 10.1. The molecule has 0 saturated carbocycles. The first-order chi connectivity index (χ1) is 7.72. The average Bonchev–Trinajstić information content (AvgIpc) is 2.33. The van der Waals surface area contributed by atoms with Crippen molar-refractivity contribution in [2.75, 3.05) is 7.11 Å². The molecule has 1 aromatic heterocycles. The molecule has 2 rings (SSSR count). The van der Waals surface area contributed by atoms with Crippen LogP contribution in [0.2, 0.25) is 0 Å². The summed E-state index contributed by atoms with van der Waals surface area (Å²) in [5.41, 5.74) is 0.219. The minimum Gasteiger partial charge on any atom is -0.480 e. The minimum atomic E-state index is -0.509. The Labute approximate surface area is 100 Å². The van der Waals surface area contributed by atoms with Crippen LogP contribution in [-0.4, -0.2) is 12.1 Å². The highest BCUT2D eigenvalue weighted by atomic mass is 79.9. The molecule has 1 aromatic carbocycles. The van der Waals surface area contributed by atoms with Crippen molar-refractivity contribution < 1.29 is 9.15 Å². The highest BCUT2D eigenvalue weighted by molar-refractivity contribution is 9.10. The maximum atomic E-state index is 11.5. The van der Waals surface area contributed by atoms with E-state index in [0.29, 0.717) is 0 Å². The Morgan fingerprint density at radius 1 is 1.31 bits per heavy atom. The van der Waals surface area contributed by atoms with E-state index in [1.54, 1.807) is 12.1 Å². The maximum Gasteiger partial charge on any atom is 0.357 e. The van der Waals surface area contributed by atoms with E-state index < -0.39 is 5.63 Å². The number of nitrogens with zero attached hydrogens (tertiary/aromatic N) is 1. The predicted molar refractivity (Wildman–Crippen MR) is 62.5 cm³/mol. The molecular formula is C11H8BrNO3. The van der Waals surface area contributed by atoms with Crippen LogP contribution in [0.4, 0.5) is 0 Å². The molecule has 0 unspecified atom stereocenters. The van der Waals surface area contributed by atoms with Crippen LogP contribution in [0.1, 0.15) is 0 Å². The fourth-order valence-corrected chi connectivity index (χ4v) is 1.55. The van der Waals surface area contributed by atoms with Crippen LogP contribution in [0, 0.1) is 0 Å². The van der Waals surface area contributed by atoms with Crippen LogP contribution in [0.25, 0.3) is 11.5 Å². The third-order valence-electron chi connectivity index (χ3n) is 1.97. The van der Waals surface area contributed by atoms with E-state index in [2.05, 4.69) is 20.9 Å². The van der Waals surface area contributed by atoms with E-state index in [0.717, 1.165) is 5.56 Å². The lowest BCUT2D eigenvalue weighted by Crippen LogP contribution is -2.05. The summed E-state index contributed by atoms with van der Waals surface area (Å²) < 4.78 is 10.2. The number of aromatic nitrogens is 1.